The molecule has 1 aromatic heterocycles. The number of nitro benzene ring substituents is 1. The molecule has 0 aliphatic carbocycles. The van der Waals surface area contributed by atoms with Crippen molar-refractivity contribution in [1.82, 2.24) is 9.29 Å². The van der Waals surface area contributed by atoms with Gasteiger partial charge in [0.25, 0.3) is 11.6 Å². The number of carbonyl (C=O) groups is 1. The van der Waals surface area contributed by atoms with Crippen LogP contribution in [0.5, 0.6) is 0 Å². The number of rotatable bonds is 10. The number of hydrogen-bond donors (Lipinski definition) is 0. The Labute approximate surface area is 228 Å². The number of anilines is 1. The van der Waals surface area contributed by atoms with E-state index in [0.29, 0.717) is 22.3 Å². The number of nitrogens with zero attached hydrogens (tertiary/aromatic N) is 5. The number of amides is 1. The number of benzene rings is 3. The number of nitro groups is 1. The van der Waals surface area contributed by atoms with E-state index >= 15 is 0 Å². The van der Waals surface area contributed by atoms with Crippen molar-refractivity contribution in [3.8, 4) is 0 Å². The SMILES string of the molecule is CCCCN(C)S(=O)(=O)c1ccc(C(=O)N(/N=C/c2ccc([N+](=O)[O-])cc2)c2nc3ccc(F)cc3s2)cc1. The fraction of sp³-hybridized carbons (Fsp3) is 0.192. The highest BCUT2D eigenvalue weighted by molar-refractivity contribution is 7.89. The normalized spacial score (nSPS) is 11.9. The van der Waals surface area contributed by atoms with Crippen molar-refractivity contribution in [2.24, 2.45) is 5.10 Å². The molecule has 0 radical (unpaired) electrons. The first kappa shape index (κ1) is 28.0. The van der Waals surface area contributed by atoms with Crippen LogP contribution in [0, 0.1) is 15.9 Å². The van der Waals surface area contributed by atoms with E-state index in [1.54, 1.807) is 0 Å². The lowest BCUT2D eigenvalue weighted by atomic mass is 10.2. The molecule has 0 unspecified atom stereocenters. The maximum absolute atomic E-state index is 13.8. The topological polar surface area (TPSA) is 126 Å². The minimum atomic E-state index is -3.72. The summed E-state index contributed by atoms with van der Waals surface area (Å²) in [5, 5.41) is 16.4. The second kappa shape index (κ2) is 11.8. The molecule has 4 rings (SSSR count). The lowest BCUT2D eigenvalue weighted by molar-refractivity contribution is -0.384. The summed E-state index contributed by atoms with van der Waals surface area (Å²) in [7, 11) is -2.21. The first-order valence-corrected chi connectivity index (χ1v) is 14.1. The highest BCUT2D eigenvalue weighted by Gasteiger charge is 2.24. The molecule has 10 nitrogen and oxygen atoms in total. The van der Waals surface area contributed by atoms with Crippen LogP contribution in [0.25, 0.3) is 10.2 Å². The summed E-state index contributed by atoms with van der Waals surface area (Å²) >= 11 is 1.05. The fourth-order valence-electron chi connectivity index (χ4n) is 3.54. The fourth-order valence-corrected chi connectivity index (χ4v) is 5.70. The highest BCUT2D eigenvalue weighted by Crippen LogP contribution is 2.31. The Balaban J connectivity index is 1.67. The molecule has 3 aromatic carbocycles. The molecule has 4 aromatic rings. The summed E-state index contributed by atoms with van der Waals surface area (Å²) in [6.45, 7) is 2.35. The first-order chi connectivity index (χ1) is 18.6. The third-order valence-corrected chi connectivity index (χ3v) is 8.64. The molecule has 202 valence electrons. The summed E-state index contributed by atoms with van der Waals surface area (Å²) in [5.74, 6) is -1.05. The van der Waals surface area contributed by atoms with E-state index in [1.807, 2.05) is 6.92 Å². The molecule has 1 amide bonds. The number of non-ortho nitro benzene ring substituents is 1. The maximum atomic E-state index is 13.8. The van der Waals surface area contributed by atoms with Gasteiger partial charge in [-0.15, -0.1) is 0 Å². The number of hydrazone groups is 1. The molecule has 0 bridgehead atoms. The van der Waals surface area contributed by atoms with Gasteiger partial charge in [0.15, 0.2) is 0 Å². The van der Waals surface area contributed by atoms with Gasteiger partial charge in [0.05, 0.1) is 26.3 Å². The van der Waals surface area contributed by atoms with Gasteiger partial charge in [0.1, 0.15) is 5.82 Å². The average molecular weight is 570 g/mol. The van der Waals surface area contributed by atoms with Crippen LogP contribution in [-0.2, 0) is 10.0 Å². The Bertz CT molecular complexity index is 1640. The third-order valence-electron chi connectivity index (χ3n) is 5.77. The summed E-state index contributed by atoms with van der Waals surface area (Å²) in [5.41, 5.74) is 1.01. The summed E-state index contributed by atoms with van der Waals surface area (Å²) in [6, 6.07) is 15.1. The van der Waals surface area contributed by atoms with E-state index in [9.17, 15) is 27.7 Å². The number of halogens is 1. The van der Waals surface area contributed by atoms with Crippen LogP contribution < -0.4 is 5.01 Å². The predicted octanol–water partition coefficient (Wildman–Crippen LogP) is 5.45. The molecular formula is C26H24FN5O5S2. The van der Waals surface area contributed by atoms with Crippen LogP contribution in [0.2, 0.25) is 0 Å². The number of unbranched alkanes of at least 4 members (excludes halogenated alkanes) is 1. The Hall–Kier alpha value is -4.07. The van der Waals surface area contributed by atoms with Gasteiger partial charge in [0.2, 0.25) is 15.2 Å². The highest BCUT2D eigenvalue weighted by atomic mass is 32.2. The monoisotopic (exact) mass is 569 g/mol. The van der Waals surface area contributed by atoms with E-state index in [2.05, 4.69) is 10.1 Å². The van der Waals surface area contributed by atoms with Crippen molar-refractivity contribution in [2.45, 2.75) is 24.7 Å². The molecule has 13 heteroatoms. The van der Waals surface area contributed by atoms with Gasteiger partial charge in [-0.25, -0.2) is 22.1 Å². The van der Waals surface area contributed by atoms with E-state index < -0.39 is 26.7 Å². The molecule has 0 saturated heterocycles. The van der Waals surface area contributed by atoms with E-state index in [-0.39, 0.29) is 21.3 Å². The number of thiazole rings is 1. The van der Waals surface area contributed by atoms with Crippen molar-refractivity contribution >= 4 is 54.5 Å². The van der Waals surface area contributed by atoms with E-state index in [4.69, 9.17) is 0 Å². The second-order valence-corrected chi connectivity index (χ2v) is 11.6. The van der Waals surface area contributed by atoms with Gasteiger partial charge in [-0.3, -0.25) is 14.9 Å². The number of hydrogen-bond acceptors (Lipinski definition) is 8. The van der Waals surface area contributed by atoms with Crippen molar-refractivity contribution < 1.29 is 22.5 Å². The number of fused-ring (bicyclic) bond motifs is 1. The summed E-state index contributed by atoms with van der Waals surface area (Å²) in [4.78, 5) is 28.4. The zero-order valence-electron chi connectivity index (χ0n) is 21.0. The Morgan fingerprint density at radius 3 is 2.46 bits per heavy atom. The number of sulfonamides is 1. The minimum absolute atomic E-state index is 0.0500. The van der Waals surface area contributed by atoms with Gasteiger partial charge >= 0.3 is 0 Å². The van der Waals surface area contributed by atoms with Crippen LogP contribution in [0.3, 0.4) is 0 Å². The maximum Gasteiger partial charge on any atom is 0.280 e. The van der Waals surface area contributed by atoms with Crippen LogP contribution in [0.4, 0.5) is 15.2 Å². The zero-order valence-corrected chi connectivity index (χ0v) is 22.7. The van der Waals surface area contributed by atoms with Gasteiger partial charge < -0.3 is 0 Å². The quantitative estimate of drug-likeness (QED) is 0.142. The molecule has 1 heterocycles. The van der Waals surface area contributed by atoms with E-state index in [1.165, 1.54) is 84.3 Å². The molecule has 0 N–H and O–H groups in total. The number of aromatic nitrogens is 1. The predicted molar refractivity (Wildman–Crippen MR) is 148 cm³/mol. The lowest BCUT2D eigenvalue weighted by Crippen LogP contribution is -2.28. The Morgan fingerprint density at radius 1 is 1.13 bits per heavy atom. The molecule has 0 atom stereocenters. The Morgan fingerprint density at radius 2 is 1.82 bits per heavy atom. The molecule has 0 aliphatic heterocycles. The van der Waals surface area contributed by atoms with Crippen LogP contribution in [0.1, 0.15) is 35.7 Å². The van der Waals surface area contributed by atoms with Gasteiger partial charge in [0, 0.05) is 31.3 Å². The largest absolute Gasteiger partial charge is 0.280 e. The van der Waals surface area contributed by atoms with Gasteiger partial charge in [-0.2, -0.15) is 10.1 Å². The van der Waals surface area contributed by atoms with Crippen molar-refractivity contribution in [3.63, 3.8) is 0 Å². The van der Waals surface area contributed by atoms with Crippen molar-refractivity contribution in [1.29, 1.82) is 0 Å². The molecular weight excluding hydrogens is 545 g/mol. The van der Waals surface area contributed by atoms with Crippen LogP contribution in [-0.4, -0.2) is 48.3 Å². The summed E-state index contributed by atoms with van der Waals surface area (Å²) < 4.78 is 41.2. The van der Waals surface area contributed by atoms with E-state index in [0.717, 1.165) is 29.2 Å². The molecule has 0 saturated carbocycles. The molecule has 0 spiro atoms. The molecule has 39 heavy (non-hydrogen) atoms. The summed E-state index contributed by atoms with van der Waals surface area (Å²) in [6.07, 6.45) is 2.91. The minimum Gasteiger partial charge on any atom is -0.267 e. The lowest BCUT2D eigenvalue weighted by Gasteiger charge is -2.17. The Kier molecular flexibility index (Phi) is 8.43. The van der Waals surface area contributed by atoms with Crippen LogP contribution >= 0.6 is 11.3 Å². The van der Waals surface area contributed by atoms with Crippen LogP contribution in [0.15, 0.2) is 76.7 Å². The van der Waals surface area contributed by atoms with Crippen molar-refractivity contribution in [3.05, 3.63) is 93.8 Å². The smallest absolute Gasteiger partial charge is 0.267 e. The third kappa shape index (κ3) is 6.33. The second-order valence-electron chi connectivity index (χ2n) is 8.52. The van der Waals surface area contributed by atoms with Crippen molar-refractivity contribution in [2.75, 3.05) is 18.6 Å². The number of carbonyl (C=O) groups excluding carboxylic acids is 1. The molecule has 0 fully saturated rings. The van der Waals surface area contributed by atoms with Gasteiger partial charge in [-0.05, 0) is 66.6 Å². The average Bonchev–Trinajstić information content (AvgIpc) is 3.34. The molecule has 0 aliphatic rings. The standard InChI is InChI=1S/C26H24FN5O5S2/c1-3-4-15-30(2)39(36,37)22-12-7-19(8-13-22)25(33)31(26-29-23-14-9-20(27)16-24(23)38-26)28-17-18-5-10-21(11-6-18)32(34)35/h5-14,16-17H,3-4,15H2,1-2H3/b28-17+. The van der Waals surface area contributed by atoms with Gasteiger partial charge in [-0.1, -0.05) is 24.7 Å². The zero-order chi connectivity index (χ0) is 28.2. The first-order valence-electron chi connectivity index (χ1n) is 11.9.